The van der Waals surface area contributed by atoms with E-state index in [1.54, 1.807) is 18.4 Å². The van der Waals surface area contributed by atoms with Crippen LogP contribution in [0.5, 0.6) is 0 Å². The molecular formula is C17H21N3O4S. The van der Waals surface area contributed by atoms with E-state index in [4.69, 9.17) is 9.15 Å². The fraction of sp³-hybridized carbons (Fsp3) is 0.471. The first-order valence-corrected chi connectivity index (χ1v) is 9.24. The largest absolute Gasteiger partial charge is 0.466 e. The van der Waals surface area contributed by atoms with Gasteiger partial charge in [-0.25, -0.2) is 4.98 Å². The highest BCUT2D eigenvalue weighted by atomic mass is 32.1. The Bertz CT molecular complexity index is 734. The monoisotopic (exact) mass is 363 g/mol. The van der Waals surface area contributed by atoms with Gasteiger partial charge in [-0.2, -0.15) is 0 Å². The normalized spacial score (nSPS) is 14.6. The summed E-state index contributed by atoms with van der Waals surface area (Å²) in [6, 6.07) is 3.51. The Morgan fingerprint density at radius 3 is 2.92 bits per heavy atom. The molecule has 0 bridgehead atoms. The van der Waals surface area contributed by atoms with Crippen LogP contribution in [0.1, 0.15) is 41.8 Å². The lowest BCUT2D eigenvalue weighted by Gasteiger charge is -2.11. The van der Waals surface area contributed by atoms with Crippen LogP contribution in [0.2, 0.25) is 0 Å². The van der Waals surface area contributed by atoms with E-state index in [1.807, 2.05) is 6.07 Å². The van der Waals surface area contributed by atoms with Crippen LogP contribution in [-0.2, 0) is 22.5 Å². The van der Waals surface area contributed by atoms with Crippen LogP contribution in [-0.4, -0.2) is 41.5 Å². The second kappa shape index (κ2) is 8.26. The van der Waals surface area contributed by atoms with Crippen molar-refractivity contribution in [2.75, 3.05) is 25.0 Å². The molecule has 7 nitrogen and oxygen atoms in total. The predicted octanol–water partition coefficient (Wildman–Crippen LogP) is 2.69. The number of hydrogen-bond acceptors (Lipinski definition) is 7. The molecule has 2 aromatic heterocycles. The van der Waals surface area contributed by atoms with Gasteiger partial charge in [-0.3, -0.25) is 19.8 Å². The molecule has 134 valence electrons. The van der Waals surface area contributed by atoms with Crippen molar-refractivity contribution in [3.05, 3.63) is 34.7 Å². The Balaban J connectivity index is 1.54. The van der Waals surface area contributed by atoms with Gasteiger partial charge in [0.05, 0.1) is 25.3 Å². The number of carbonyl (C=O) groups is 2. The molecule has 1 aliphatic heterocycles. The molecule has 3 heterocycles. The van der Waals surface area contributed by atoms with Crippen LogP contribution in [0.25, 0.3) is 0 Å². The number of nitrogens with one attached hydrogen (secondary N) is 1. The molecule has 1 amide bonds. The minimum absolute atomic E-state index is 0.0982. The van der Waals surface area contributed by atoms with Gasteiger partial charge in [0.1, 0.15) is 5.76 Å². The molecule has 0 unspecified atom stereocenters. The van der Waals surface area contributed by atoms with Crippen molar-refractivity contribution in [3.8, 4) is 0 Å². The number of hydrogen-bond donors (Lipinski definition) is 1. The minimum Gasteiger partial charge on any atom is -0.466 e. The van der Waals surface area contributed by atoms with Crippen molar-refractivity contribution in [2.45, 2.75) is 32.7 Å². The molecule has 0 spiro atoms. The number of thiazole rings is 1. The lowest BCUT2D eigenvalue weighted by Crippen LogP contribution is -2.18. The maximum Gasteiger partial charge on any atom is 0.311 e. The maximum absolute atomic E-state index is 12.3. The fourth-order valence-electron chi connectivity index (χ4n) is 2.71. The summed E-state index contributed by atoms with van der Waals surface area (Å²) >= 11 is 1.26. The number of anilines is 1. The van der Waals surface area contributed by atoms with Crippen molar-refractivity contribution in [2.24, 2.45) is 0 Å². The second-order valence-electron chi connectivity index (χ2n) is 5.83. The average molecular weight is 363 g/mol. The molecule has 3 rings (SSSR count). The van der Waals surface area contributed by atoms with Gasteiger partial charge in [-0.05, 0) is 45.0 Å². The Kier molecular flexibility index (Phi) is 5.83. The summed E-state index contributed by atoms with van der Waals surface area (Å²) < 4.78 is 10.5. The van der Waals surface area contributed by atoms with Crippen molar-refractivity contribution in [1.29, 1.82) is 0 Å². The summed E-state index contributed by atoms with van der Waals surface area (Å²) in [6.07, 6.45) is 2.53. The molecule has 0 radical (unpaired) electrons. The third-order valence-electron chi connectivity index (χ3n) is 3.87. The molecule has 2 aromatic rings. The molecule has 1 aliphatic rings. The lowest BCUT2D eigenvalue weighted by atomic mass is 10.3. The molecule has 0 aromatic carbocycles. The average Bonchev–Trinajstić information content (AvgIpc) is 3.30. The molecule has 0 atom stereocenters. The highest BCUT2D eigenvalue weighted by Gasteiger charge is 2.17. The lowest BCUT2D eigenvalue weighted by molar-refractivity contribution is -0.142. The van der Waals surface area contributed by atoms with Crippen molar-refractivity contribution < 1.29 is 18.7 Å². The number of amides is 1. The van der Waals surface area contributed by atoms with E-state index in [1.165, 1.54) is 24.2 Å². The van der Waals surface area contributed by atoms with Gasteiger partial charge >= 0.3 is 5.97 Å². The second-order valence-corrected chi connectivity index (χ2v) is 6.69. The summed E-state index contributed by atoms with van der Waals surface area (Å²) in [5.41, 5.74) is 0.577. The smallest absolute Gasteiger partial charge is 0.311 e. The zero-order valence-electron chi connectivity index (χ0n) is 14.1. The van der Waals surface area contributed by atoms with Crippen LogP contribution in [0.4, 0.5) is 5.13 Å². The zero-order valence-corrected chi connectivity index (χ0v) is 14.9. The summed E-state index contributed by atoms with van der Waals surface area (Å²) in [5.74, 6) is 0.374. The fourth-order valence-corrected chi connectivity index (χ4v) is 3.42. The first-order valence-electron chi connectivity index (χ1n) is 8.36. The Labute approximate surface area is 150 Å². The third-order valence-corrected chi connectivity index (χ3v) is 4.67. The standard InChI is InChI=1S/C17H21N3O4S/c1-2-23-15(21)9-12-11-25-17(18-12)19-16(22)14-6-5-13(24-14)10-20-7-3-4-8-20/h5-6,11H,2-4,7-10H2,1H3,(H,18,19,22). The number of furan rings is 1. The van der Waals surface area contributed by atoms with Crippen molar-refractivity contribution in [1.82, 2.24) is 9.88 Å². The number of ether oxygens (including phenoxy) is 1. The molecule has 1 fully saturated rings. The van der Waals surface area contributed by atoms with Gasteiger partial charge in [0, 0.05) is 5.38 Å². The van der Waals surface area contributed by atoms with Crippen molar-refractivity contribution >= 4 is 28.3 Å². The molecule has 8 heteroatoms. The summed E-state index contributed by atoms with van der Waals surface area (Å²) in [5, 5.41) is 4.86. The summed E-state index contributed by atoms with van der Waals surface area (Å²) in [6.45, 7) is 4.97. The molecule has 25 heavy (non-hydrogen) atoms. The van der Waals surface area contributed by atoms with E-state index >= 15 is 0 Å². The Morgan fingerprint density at radius 2 is 2.16 bits per heavy atom. The van der Waals surface area contributed by atoms with E-state index in [-0.39, 0.29) is 24.1 Å². The minimum atomic E-state index is -0.343. The van der Waals surface area contributed by atoms with Gasteiger partial charge in [-0.15, -0.1) is 11.3 Å². The number of nitrogens with zero attached hydrogens (tertiary/aromatic N) is 2. The van der Waals surface area contributed by atoms with Crippen molar-refractivity contribution in [3.63, 3.8) is 0 Å². The Hall–Kier alpha value is -2.19. The maximum atomic E-state index is 12.3. The number of likely N-dealkylation sites (tertiary alicyclic amines) is 1. The number of esters is 1. The highest BCUT2D eigenvalue weighted by Crippen LogP contribution is 2.19. The number of carbonyl (C=O) groups excluding carboxylic acids is 2. The first-order chi connectivity index (χ1) is 12.1. The van der Waals surface area contributed by atoms with Gasteiger partial charge in [0.25, 0.3) is 5.91 Å². The summed E-state index contributed by atoms with van der Waals surface area (Å²) in [7, 11) is 0. The van der Waals surface area contributed by atoms with Crippen LogP contribution >= 0.6 is 11.3 Å². The molecule has 0 aliphatic carbocycles. The Morgan fingerprint density at radius 1 is 1.36 bits per heavy atom. The SMILES string of the molecule is CCOC(=O)Cc1csc(NC(=O)c2ccc(CN3CCCC3)o2)n1. The van der Waals surface area contributed by atoms with E-state index in [2.05, 4.69) is 15.2 Å². The highest BCUT2D eigenvalue weighted by molar-refractivity contribution is 7.14. The predicted molar refractivity (Wildman–Crippen MR) is 93.6 cm³/mol. The number of rotatable bonds is 7. The van der Waals surface area contributed by atoms with Gasteiger partial charge in [0.2, 0.25) is 0 Å². The molecule has 0 saturated carbocycles. The summed E-state index contributed by atoms with van der Waals surface area (Å²) in [4.78, 5) is 30.2. The van der Waals surface area contributed by atoms with E-state index < -0.39 is 0 Å². The molecule has 1 saturated heterocycles. The van der Waals surface area contributed by atoms with E-state index in [9.17, 15) is 9.59 Å². The van der Waals surface area contributed by atoms with Crippen LogP contribution in [0.15, 0.2) is 21.9 Å². The van der Waals surface area contributed by atoms with Gasteiger partial charge in [0.15, 0.2) is 10.9 Å². The molecule has 1 N–H and O–H groups in total. The van der Waals surface area contributed by atoms with E-state index in [0.29, 0.717) is 17.4 Å². The van der Waals surface area contributed by atoms with Crippen LogP contribution in [0.3, 0.4) is 0 Å². The van der Waals surface area contributed by atoms with Gasteiger partial charge < -0.3 is 9.15 Å². The van der Waals surface area contributed by atoms with E-state index in [0.717, 1.165) is 25.4 Å². The number of aromatic nitrogens is 1. The van der Waals surface area contributed by atoms with Gasteiger partial charge in [-0.1, -0.05) is 0 Å². The zero-order chi connectivity index (χ0) is 17.6. The first kappa shape index (κ1) is 17.6. The van der Waals surface area contributed by atoms with Crippen LogP contribution in [0, 0.1) is 0 Å². The third kappa shape index (κ3) is 4.90. The topological polar surface area (TPSA) is 84.7 Å². The quantitative estimate of drug-likeness (QED) is 0.762. The molecular weight excluding hydrogens is 342 g/mol. The van der Waals surface area contributed by atoms with Crippen LogP contribution < -0.4 is 5.32 Å².